The second kappa shape index (κ2) is 21.3. The topological polar surface area (TPSA) is 24.4 Å². The minimum Gasteiger partial charge on any atom is -0.314 e. The summed E-state index contributed by atoms with van der Waals surface area (Å²) in [7, 11) is 0. The van der Waals surface area contributed by atoms with Crippen LogP contribution >= 0.6 is 0 Å². The first kappa shape index (κ1) is 32.3. The lowest BCUT2D eigenvalue weighted by molar-refractivity contribution is 0.419. The van der Waals surface area contributed by atoms with Crippen molar-refractivity contribution in [2.75, 3.05) is 6.54 Å². The fraction of sp³-hybridized carbons (Fsp3) is 0.667. The standard InChI is InChI=1S/C19H30N2.C4H10.2C2H6/c1-8-9-10-18(13(2)3)19(21-14(4)5)11-17-12-20-16(7)15(17)6;1-3-4-2;2*1-2/h8-10,15-17,20H,1,4,11-12H2,2-3,5-7H3;3-4H2,1-2H3;2*1-2H3/b10-9-,21-19?;;;. The summed E-state index contributed by atoms with van der Waals surface area (Å²) in [5.74, 6) is 1.30. The summed E-state index contributed by atoms with van der Waals surface area (Å²) in [6, 6.07) is 0.583. The fourth-order valence-electron chi connectivity index (χ4n) is 2.79. The summed E-state index contributed by atoms with van der Waals surface area (Å²) in [6.45, 7) is 32.0. The van der Waals surface area contributed by atoms with E-state index >= 15 is 0 Å². The van der Waals surface area contributed by atoms with Crippen molar-refractivity contribution in [3.8, 4) is 0 Å². The van der Waals surface area contributed by atoms with Crippen LogP contribution in [0.25, 0.3) is 0 Å². The number of nitrogens with one attached hydrogen (secondary N) is 1. The molecule has 3 unspecified atom stereocenters. The van der Waals surface area contributed by atoms with E-state index in [1.54, 1.807) is 0 Å². The maximum Gasteiger partial charge on any atom is 0.0481 e. The van der Waals surface area contributed by atoms with Gasteiger partial charge in [-0.1, -0.05) is 98.3 Å². The molecule has 1 aliphatic heterocycles. The van der Waals surface area contributed by atoms with Crippen LogP contribution in [0.4, 0.5) is 0 Å². The molecule has 1 saturated heterocycles. The Bertz CT molecular complexity index is 503. The largest absolute Gasteiger partial charge is 0.314 e. The summed E-state index contributed by atoms with van der Waals surface area (Å²) in [5.41, 5.74) is 4.50. The van der Waals surface area contributed by atoms with Gasteiger partial charge in [-0.3, -0.25) is 4.99 Å². The van der Waals surface area contributed by atoms with Crippen molar-refractivity contribution in [1.82, 2.24) is 5.32 Å². The van der Waals surface area contributed by atoms with Crippen LogP contribution in [0.1, 0.15) is 95.4 Å². The molecule has 0 saturated carbocycles. The molecule has 0 bridgehead atoms. The number of rotatable bonds is 7. The molecule has 0 aromatic carbocycles. The quantitative estimate of drug-likeness (QED) is 0.333. The molecule has 1 rings (SSSR count). The molecule has 0 amide bonds. The SMILES string of the molecule is C=C/C=C\C(C(CC1CNC(C)C1C)=NC(=C)C)=C(C)C.CC.CC.CCCC. The number of nitrogens with zero attached hydrogens (tertiary/aromatic N) is 1. The maximum atomic E-state index is 4.73. The monoisotopic (exact) mass is 404 g/mol. The number of allylic oxidation sites excluding steroid dienone is 6. The smallest absolute Gasteiger partial charge is 0.0481 e. The number of hydrogen-bond donors (Lipinski definition) is 1. The zero-order valence-electron chi connectivity index (χ0n) is 21.7. The van der Waals surface area contributed by atoms with Crippen molar-refractivity contribution in [2.24, 2.45) is 16.8 Å². The molecular formula is C27H52N2. The summed E-state index contributed by atoms with van der Waals surface area (Å²) < 4.78 is 0. The van der Waals surface area contributed by atoms with Gasteiger partial charge in [-0.2, -0.15) is 0 Å². The van der Waals surface area contributed by atoms with E-state index in [1.165, 1.54) is 24.0 Å². The van der Waals surface area contributed by atoms with Gasteiger partial charge in [-0.25, -0.2) is 0 Å². The van der Waals surface area contributed by atoms with Gasteiger partial charge in [-0.15, -0.1) is 0 Å². The Kier molecular flexibility index (Phi) is 23.7. The fourth-order valence-corrected chi connectivity index (χ4v) is 2.79. The molecule has 1 fully saturated rings. The molecule has 3 atom stereocenters. The van der Waals surface area contributed by atoms with Gasteiger partial charge in [0.2, 0.25) is 0 Å². The van der Waals surface area contributed by atoms with E-state index in [-0.39, 0.29) is 0 Å². The molecule has 0 radical (unpaired) electrons. The molecule has 0 aromatic heterocycles. The Balaban J connectivity index is -0.000000733. The Morgan fingerprint density at radius 2 is 1.55 bits per heavy atom. The van der Waals surface area contributed by atoms with Crippen LogP contribution in [0.2, 0.25) is 0 Å². The average Bonchev–Trinajstić information content (AvgIpc) is 3.03. The summed E-state index contributed by atoms with van der Waals surface area (Å²) in [4.78, 5) is 4.73. The van der Waals surface area contributed by atoms with Crippen molar-refractivity contribution in [2.45, 2.75) is 101 Å². The predicted octanol–water partition coefficient (Wildman–Crippen LogP) is 8.53. The van der Waals surface area contributed by atoms with Gasteiger partial charge in [-0.05, 0) is 58.1 Å². The molecule has 1 aliphatic rings. The number of unbranched alkanes of at least 4 members (excludes halogenated alkanes) is 1. The molecule has 0 spiro atoms. The molecule has 29 heavy (non-hydrogen) atoms. The third kappa shape index (κ3) is 15.1. The summed E-state index contributed by atoms with van der Waals surface area (Å²) in [6.07, 6.45) is 9.53. The molecule has 2 heteroatoms. The van der Waals surface area contributed by atoms with Crippen LogP contribution in [-0.4, -0.2) is 18.3 Å². The van der Waals surface area contributed by atoms with Gasteiger partial charge >= 0.3 is 0 Å². The first-order chi connectivity index (χ1) is 13.8. The Morgan fingerprint density at radius 1 is 1.03 bits per heavy atom. The highest BCUT2D eigenvalue weighted by molar-refractivity contribution is 6.03. The van der Waals surface area contributed by atoms with E-state index in [9.17, 15) is 0 Å². The van der Waals surface area contributed by atoms with Crippen LogP contribution in [0.15, 0.2) is 53.2 Å². The van der Waals surface area contributed by atoms with E-state index in [2.05, 4.69) is 66.1 Å². The lowest BCUT2D eigenvalue weighted by atomic mass is 9.86. The first-order valence-electron chi connectivity index (χ1n) is 11.7. The predicted molar refractivity (Wildman–Crippen MR) is 138 cm³/mol. The van der Waals surface area contributed by atoms with Crippen LogP contribution in [-0.2, 0) is 0 Å². The van der Waals surface area contributed by atoms with Crippen molar-refractivity contribution >= 4 is 5.71 Å². The van der Waals surface area contributed by atoms with Crippen LogP contribution in [0.5, 0.6) is 0 Å². The molecule has 1 N–H and O–H groups in total. The Labute approximate surface area is 184 Å². The minimum atomic E-state index is 0.583. The normalized spacial score (nSPS) is 20.4. The van der Waals surface area contributed by atoms with E-state index in [0.29, 0.717) is 17.9 Å². The third-order valence-electron chi connectivity index (χ3n) is 4.76. The van der Waals surface area contributed by atoms with Crippen LogP contribution < -0.4 is 5.32 Å². The molecule has 0 aromatic rings. The molecule has 170 valence electrons. The highest BCUT2D eigenvalue weighted by Crippen LogP contribution is 2.27. The Morgan fingerprint density at radius 3 is 1.86 bits per heavy atom. The van der Waals surface area contributed by atoms with Gasteiger partial charge in [0.1, 0.15) is 0 Å². The maximum absolute atomic E-state index is 4.73. The lowest BCUT2D eigenvalue weighted by Gasteiger charge is -2.19. The van der Waals surface area contributed by atoms with Gasteiger partial charge in [0.25, 0.3) is 0 Å². The Hall–Kier alpha value is -1.41. The third-order valence-corrected chi connectivity index (χ3v) is 4.76. The van der Waals surface area contributed by atoms with Crippen LogP contribution in [0, 0.1) is 11.8 Å². The summed E-state index contributed by atoms with van der Waals surface area (Å²) in [5, 5.41) is 3.56. The van der Waals surface area contributed by atoms with E-state index in [0.717, 1.165) is 24.4 Å². The average molecular weight is 405 g/mol. The van der Waals surface area contributed by atoms with Crippen LogP contribution in [0.3, 0.4) is 0 Å². The zero-order chi connectivity index (χ0) is 23.4. The lowest BCUT2D eigenvalue weighted by Crippen LogP contribution is -2.21. The van der Waals surface area contributed by atoms with Gasteiger partial charge in [0, 0.05) is 17.5 Å². The van der Waals surface area contributed by atoms with Crippen molar-refractivity contribution in [1.29, 1.82) is 0 Å². The summed E-state index contributed by atoms with van der Waals surface area (Å²) >= 11 is 0. The molecule has 0 aliphatic carbocycles. The number of hydrogen-bond acceptors (Lipinski definition) is 2. The highest BCUT2D eigenvalue weighted by Gasteiger charge is 2.30. The second-order valence-electron chi connectivity index (χ2n) is 7.32. The zero-order valence-corrected chi connectivity index (χ0v) is 21.7. The number of aliphatic imine (C=N–C) groups is 1. The van der Waals surface area contributed by atoms with E-state index < -0.39 is 0 Å². The highest BCUT2D eigenvalue weighted by atomic mass is 15.0. The second-order valence-corrected chi connectivity index (χ2v) is 7.32. The molecular weight excluding hydrogens is 352 g/mol. The molecule has 1 heterocycles. The van der Waals surface area contributed by atoms with Crippen molar-refractivity contribution < 1.29 is 0 Å². The van der Waals surface area contributed by atoms with Gasteiger partial charge < -0.3 is 5.32 Å². The van der Waals surface area contributed by atoms with Crippen molar-refractivity contribution in [3.05, 3.63) is 48.2 Å². The van der Waals surface area contributed by atoms with E-state index in [1.807, 2.05) is 46.8 Å². The first-order valence-corrected chi connectivity index (χ1v) is 11.7. The van der Waals surface area contributed by atoms with Crippen molar-refractivity contribution in [3.63, 3.8) is 0 Å². The van der Waals surface area contributed by atoms with Gasteiger partial charge in [0.05, 0.1) is 0 Å². The molecule has 2 nitrogen and oxygen atoms in total. The van der Waals surface area contributed by atoms with Gasteiger partial charge in [0.15, 0.2) is 0 Å². The van der Waals surface area contributed by atoms with E-state index in [4.69, 9.17) is 4.99 Å². The minimum absolute atomic E-state index is 0.583.